The van der Waals surface area contributed by atoms with Gasteiger partial charge in [0, 0.05) is 18.7 Å². The summed E-state index contributed by atoms with van der Waals surface area (Å²) in [5.41, 5.74) is 2.36. The molecular weight excluding hydrogens is 458 g/mol. The quantitative estimate of drug-likeness (QED) is 0.302. The average Bonchev–Trinajstić information content (AvgIpc) is 2.73. The first kappa shape index (κ1) is 27.6. The van der Waals surface area contributed by atoms with Gasteiger partial charge < -0.3 is 14.2 Å². The van der Waals surface area contributed by atoms with Crippen LogP contribution < -0.4 is 10.1 Å². The number of carbonyl (C=O) groups is 1. The maximum absolute atomic E-state index is 11.8. The molecule has 0 aliphatic rings. The molecule has 0 aliphatic heterocycles. The predicted octanol–water partition coefficient (Wildman–Crippen LogP) is 4.88. The highest BCUT2D eigenvalue weighted by atomic mass is 32.2. The molecule has 9 heteroatoms. The van der Waals surface area contributed by atoms with Gasteiger partial charge in [-0.15, -0.1) is 0 Å². The molecule has 0 aliphatic carbocycles. The topological polar surface area (TPSA) is 111 Å². The van der Waals surface area contributed by atoms with E-state index in [-0.39, 0.29) is 5.75 Å². The van der Waals surface area contributed by atoms with E-state index >= 15 is 0 Å². The standard InChI is InChI=1S/C25H35NO7S/c1-25(2,3)33-24(27)26-22-10-6-20(7-11-22)15-18-32-23-12-8-21(9-13-23)14-17-31-16-4-5-19-34(28,29)30/h6-13H,4-5,14-19H2,1-3H3,(H,26,27)(H,28,29,30). The van der Waals surface area contributed by atoms with Gasteiger partial charge >= 0.3 is 6.09 Å². The lowest BCUT2D eigenvalue weighted by atomic mass is 10.1. The van der Waals surface area contributed by atoms with Crippen LogP contribution in [0.4, 0.5) is 10.5 Å². The molecule has 2 rings (SSSR count). The normalized spacial score (nSPS) is 11.8. The van der Waals surface area contributed by atoms with Crippen LogP contribution in [-0.2, 0) is 32.4 Å². The first-order valence-corrected chi connectivity index (χ1v) is 12.9. The molecule has 34 heavy (non-hydrogen) atoms. The molecule has 2 aromatic carbocycles. The predicted molar refractivity (Wildman–Crippen MR) is 132 cm³/mol. The summed E-state index contributed by atoms with van der Waals surface area (Å²) >= 11 is 0. The number of hydrogen-bond donors (Lipinski definition) is 2. The summed E-state index contributed by atoms with van der Waals surface area (Å²) < 4.78 is 46.5. The Morgan fingerprint density at radius 3 is 2.06 bits per heavy atom. The molecule has 0 saturated carbocycles. The Kier molecular flexibility index (Phi) is 10.8. The SMILES string of the molecule is CC(C)(C)OC(=O)Nc1ccc(CCOc2ccc(CCOCCCCS(=O)(=O)O)cc2)cc1. The number of hydrogen-bond acceptors (Lipinski definition) is 6. The summed E-state index contributed by atoms with van der Waals surface area (Å²) in [6.45, 7) is 7.01. The molecule has 0 fully saturated rings. The van der Waals surface area contributed by atoms with Gasteiger partial charge in [-0.1, -0.05) is 24.3 Å². The van der Waals surface area contributed by atoms with Crippen molar-refractivity contribution in [2.24, 2.45) is 0 Å². The van der Waals surface area contributed by atoms with Crippen molar-refractivity contribution < 1.29 is 32.0 Å². The van der Waals surface area contributed by atoms with Crippen molar-refractivity contribution in [1.29, 1.82) is 0 Å². The van der Waals surface area contributed by atoms with Gasteiger partial charge in [-0.2, -0.15) is 8.42 Å². The Bertz CT molecular complexity index is 981. The van der Waals surface area contributed by atoms with E-state index in [1.165, 1.54) is 0 Å². The van der Waals surface area contributed by atoms with Crippen molar-refractivity contribution in [1.82, 2.24) is 0 Å². The van der Waals surface area contributed by atoms with Crippen molar-refractivity contribution in [3.05, 3.63) is 59.7 Å². The van der Waals surface area contributed by atoms with Crippen LogP contribution in [0.1, 0.15) is 44.7 Å². The molecule has 0 heterocycles. The Balaban J connectivity index is 1.63. The largest absolute Gasteiger partial charge is 0.493 e. The highest BCUT2D eigenvalue weighted by Gasteiger charge is 2.16. The van der Waals surface area contributed by atoms with Gasteiger partial charge in [-0.3, -0.25) is 9.87 Å². The van der Waals surface area contributed by atoms with Gasteiger partial charge in [0.2, 0.25) is 0 Å². The highest BCUT2D eigenvalue weighted by Crippen LogP contribution is 2.15. The van der Waals surface area contributed by atoms with Crippen LogP contribution >= 0.6 is 0 Å². The van der Waals surface area contributed by atoms with Gasteiger partial charge in [0.15, 0.2) is 0 Å². The van der Waals surface area contributed by atoms with Crippen molar-refractivity contribution >= 4 is 21.9 Å². The van der Waals surface area contributed by atoms with Crippen LogP contribution in [0.5, 0.6) is 5.75 Å². The summed E-state index contributed by atoms with van der Waals surface area (Å²) in [5.74, 6) is 0.562. The van der Waals surface area contributed by atoms with Crippen LogP contribution in [0.2, 0.25) is 0 Å². The zero-order chi connectivity index (χ0) is 25.0. The molecule has 0 unspecified atom stereocenters. The van der Waals surface area contributed by atoms with E-state index in [2.05, 4.69) is 5.32 Å². The van der Waals surface area contributed by atoms with E-state index in [0.717, 1.165) is 29.7 Å². The zero-order valence-corrected chi connectivity index (χ0v) is 20.9. The van der Waals surface area contributed by atoms with Crippen LogP contribution in [0.3, 0.4) is 0 Å². The summed E-state index contributed by atoms with van der Waals surface area (Å²) in [7, 11) is -3.88. The van der Waals surface area contributed by atoms with E-state index in [4.69, 9.17) is 18.8 Å². The number of benzene rings is 2. The zero-order valence-electron chi connectivity index (χ0n) is 20.1. The van der Waals surface area contributed by atoms with Crippen molar-refractivity contribution in [2.75, 3.05) is 30.9 Å². The van der Waals surface area contributed by atoms with Crippen molar-refractivity contribution in [3.8, 4) is 5.75 Å². The smallest absolute Gasteiger partial charge is 0.412 e. The molecule has 0 radical (unpaired) electrons. The molecule has 0 bridgehead atoms. The lowest BCUT2D eigenvalue weighted by Gasteiger charge is -2.19. The van der Waals surface area contributed by atoms with Gasteiger partial charge in [-0.05, 0) is 75.4 Å². The number of ether oxygens (including phenoxy) is 3. The number of unbranched alkanes of at least 4 members (excludes halogenated alkanes) is 1. The number of amides is 1. The van der Waals surface area contributed by atoms with E-state index in [1.54, 1.807) is 0 Å². The third-order valence-electron chi connectivity index (χ3n) is 4.66. The highest BCUT2D eigenvalue weighted by molar-refractivity contribution is 7.85. The molecule has 8 nitrogen and oxygen atoms in total. The summed E-state index contributed by atoms with van der Waals surface area (Å²) in [6, 6.07) is 15.4. The second kappa shape index (κ2) is 13.3. The fourth-order valence-corrected chi connectivity index (χ4v) is 3.56. The third-order valence-corrected chi connectivity index (χ3v) is 5.46. The maximum atomic E-state index is 11.8. The Hall–Kier alpha value is -2.62. The van der Waals surface area contributed by atoms with Gasteiger partial charge in [-0.25, -0.2) is 4.79 Å². The summed E-state index contributed by atoms with van der Waals surface area (Å²) in [6.07, 6.45) is 1.99. The van der Waals surface area contributed by atoms with Crippen LogP contribution in [-0.4, -0.2) is 50.2 Å². The Morgan fingerprint density at radius 2 is 1.47 bits per heavy atom. The molecule has 0 aromatic heterocycles. The average molecular weight is 494 g/mol. The Labute approximate surface area is 202 Å². The first-order valence-electron chi connectivity index (χ1n) is 11.3. The monoisotopic (exact) mass is 493 g/mol. The molecule has 2 aromatic rings. The molecule has 0 spiro atoms. The minimum atomic E-state index is -3.88. The van der Waals surface area contributed by atoms with E-state index < -0.39 is 21.8 Å². The van der Waals surface area contributed by atoms with Crippen LogP contribution in [0.15, 0.2) is 48.5 Å². The van der Waals surface area contributed by atoms with E-state index in [0.29, 0.717) is 38.3 Å². The second-order valence-corrected chi connectivity index (χ2v) is 10.5. The lowest BCUT2D eigenvalue weighted by Crippen LogP contribution is -2.27. The maximum Gasteiger partial charge on any atom is 0.412 e. The fraction of sp³-hybridized carbons (Fsp3) is 0.480. The van der Waals surface area contributed by atoms with Crippen LogP contribution in [0, 0.1) is 0 Å². The Morgan fingerprint density at radius 1 is 0.882 bits per heavy atom. The minimum Gasteiger partial charge on any atom is -0.493 e. The molecule has 188 valence electrons. The summed E-state index contributed by atoms with van der Waals surface area (Å²) in [4.78, 5) is 11.8. The summed E-state index contributed by atoms with van der Waals surface area (Å²) in [5, 5.41) is 2.71. The van der Waals surface area contributed by atoms with Crippen LogP contribution in [0.25, 0.3) is 0 Å². The fourth-order valence-electron chi connectivity index (χ4n) is 3.00. The van der Waals surface area contributed by atoms with Gasteiger partial charge in [0.25, 0.3) is 10.1 Å². The first-order chi connectivity index (χ1) is 16.0. The molecule has 0 saturated heterocycles. The van der Waals surface area contributed by atoms with Crippen molar-refractivity contribution in [2.45, 2.75) is 52.1 Å². The van der Waals surface area contributed by atoms with E-state index in [9.17, 15) is 13.2 Å². The third kappa shape index (κ3) is 12.6. The number of rotatable bonds is 13. The number of nitrogens with one attached hydrogen (secondary N) is 1. The molecule has 2 N–H and O–H groups in total. The van der Waals surface area contributed by atoms with Gasteiger partial charge in [0.05, 0.1) is 19.0 Å². The van der Waals surface area contributed by atoms with E-state index in [1.807, 2.05) is 69.3 Å². The molecule has 0 atom stereocenters. The molecular formula is C25H35NO7S. The molecule has 1 amide bonds. The minimum absolute atomic E-state index is 0.228. The van der Waals surface area contributed by atoms with Crippen molar-refractivity contribution in [3.63, 3.8) is 0 Å². The second-order valence-electron chi connectivity index (χ2n) is 8.92. The van der Waals surface area contributed by atoms with Gasteiger partial charge in [0.1, 0.15) is 11.4 Å². The lowest BCUT2D eigenvalue weighted by molar-refractivity contribution is 0.0636. The number of carbonyl (C=O) groups excluding carboxylic acids is 1. The number of anilines is 1.